The van der Waals surface area contributed by atoms with E-state index >= 15 is 0 Å². The minimum absolute atomic E-state index is 0.0500. The van der Waals surface area contributed by atoms with Gasteiger partial charge in [0.15, 0.2) is 0 Å². The van der Waals surface area contributed by atoms with Gasteiger partial charge >= 0.3 is 0 Å². The number of rotatable bonds is 5. The highest BCUT2D eigenvalue weighted by molar-refractivity contribution is 7.94. The van der Waals surface area contributed by atoms with Gasteiger partial charge in [-0.05, 0) is 49.1 Å². The van der Waals surface area contributed by atoms with E-state index in [9.17, 15) is 18.3 Å². The van der Waals surface area contributed by atoms with Gasteiger partial charge in [-0.3, -0.25) is 9.52 Å². The van der Waals surface area contributed by atoms with E-state index in [2.05, 4.69) is 10.0 Å². The highest BCUT2D eigenvalue weighted by Gasteiger charge is 2.18. The molecule has 140 valence electrons. The second-order valence-electron chi connectivity index (χ2n) is 6.04. The number of aryl methyl sites for hydroxylation is 2. The van der Waals surface area contributed by atoms with Crippen LogP contribution in [0.5, 0.6) is 5.75 Å². The molecule has 3 rings (SSSR count). The van der Waals surface area contributed by atoms with Crippen LogP contribution < -0.4 is 10.0 Å². The van der Waals surface area contributed by atoms with Crippen LogP contribution in [0.1, 0.15) is 21.5 Å². The maximum absolute atomic E-state index is 12.4. The zero-order valence-corrected chi connectivity index (χ0v) is 16.3. The van der Waals surface area contributed by atoms with Gasteiger partial charge in [0.2, 0.25) is 0 Å². The molecule has 27 heavy (non-hydrogen) atoms. The summed E-state index contributed by atoms with van der Waals surface area (Å²) in [7, 11) is -3.72. The predicted octanol–water partition coefficient (Wildman–Crippen LogP) is 4.12. The highest BCUT2D eigenvalue weighted by atomic mass is 32.2. The molecule has 1 heterocycles. The Balaban J connectivity index is 1.79. The third-order valence-electron chi connectivity index (χ3n) is 3.88. The predicted molar refractivity (Wildman–Crippen MR) is 107 cm³/mol. The number of aromatic hydroxyl groups is 1. The lowest BCUT2D eigenvalue weighted by atomic mass is 10.1. The van der Waals surface area contributed by atoms with E-state index in [1.54, 1.807) is 17.5 Å². The molecule has 0 aliphatic heterocycles. The minimum atomic E-state index is -3.72. The number of phenols is 1. The van der Waals surface area contributed by atoms with Gasteiger partial charge in [-0.1, -0.05) is 23.8 Å². The Morgan fingerprint density at radius 1 is 1.07 bits per heavy atom. The van der Waals surface area contributed by atoms with Crippen LogP contribution in [0.25, 0.3) is 0 Å². The first-order valence-electron chi connectivity index (χ1n) is 8.04. The van der Waals surface area contributed by atoms with E-state index in [0.29, 0.717) is 5.69 Å². The zero-order chi connectivity index (χ0) is 19.6. The average Bonchev–Trinajstić information content (AvgIpc) is 3.12. The maximum Gasteiger partial charge on any atom is 0.271 e. The summed E-state index contributed by atoms with van der Waals surface area (Å²) in [4.78, 5) is 12.4. The number of hydrogen-bond acceptors (Lipinski definition) is 5. The second-order valence-corrected chi connectivity index (χ2v) is 8.90. The Labute approximate surface area is 161 Å². The van der Waals surface area contributed by atoms with Crippen LogP contribution in [0.4, 0.5) is 11.4 Å². The average molecular weight is 402 g/mol. The van der Waals surface area contributed by atoms with Crippen molar-refractivity contribution in [2.45, 2.75) is 18.1 Å². The third kappa shape index (κ3) is 4.29. The first kappa shape index (κ1) is 18.9. The van der Waals surface area contributed by atoms with Crippen molar-refractivity contribution in [3.8, 4) is 5.75 Å². The van der Waals surface area contributed by atoms with Crippen LogP contribution in [-0.4, -0.2) is 19.4 Å². The number of sulfonamides is 1. The summed E-state index contributed by atoms with van der Waals surface area (Å²) in [6.07, 6.45) is 0. The Morgan fingerprint density at radius 3 is 2.48 bits per heavy atom. The lowest BCUT2D eigenvalue weighted by Crippen LogP contribution is -2.14. The molecule has 1 amide bonds. The summed E-state index contributed by atoms with van der Waals surface area (Å²) < 4.78 is 27.0. The molecule has 3 aromatic rings. The summed E-state index contributed by atoms with van der Waals surface area (Å²) >= 11 is 1.09. The van der Waals surface area contributed by atoms with Gasteiger partial charge in [-0.25, -0.2) is 8.42 Å². The largest absolute Gasteiger partial charge is 0.507 e. The van der Waals surface area contributed by atoms with Gasteiger partial charge in [-0.15, -0.1) is 11.3 Å². The van der Waals surface area contributed by atoms with Crippen LogP contribution in [-0.2, 0) is 10.0 Å². The van der Waals surface area contributed by atoms with Crippen molar-refractivity contribution in [2.24, 2.45) is 0 Å². The van der Waals surface area contributed by atoms with E-state index in [4.69, 9.17) is 0 Å². The van der Waals surface area contributed by atoms with Crippen molar-refractivity contribution in [1.82, 2.24) is 0 Å². The molecule has 0 atom stereocenters. The fourth-order valence-electron chi connectivity index (χ4n) is 2.55. The molecule has 0 aliphatic rings. The van der Waals surface area contributed by atoms with Crippen molar-refractivity contribution >= 4 is 38.6 Å². The van der Waals surface area contributed by atoms with Crippen molar-refractivity contribution in [3.05, 3.63) is 70.6 Å². The van der Waals surface area contributed by atoms with Gasteiger partial charge in [0.05, 0.1) is 11.3 Å². The molecule has 0 saturated heterocycles. The molecule has 1 aromatic heterocycles. The van der Waals surface area contributed by atoms with Crippen LogP contribution in [0.2, 0.25) is 0 Å². The third-order valence-corrected chi connectivity index (χ3v) is 6.66. The van der Waals surface area contributed by atoms with Crippen LogP contribution in [0.15, 0.2) is 58.1 Å². The van der Waals surface area contributed by atoms with Crippen molar-refractivity contribution in [3.63, 3.8) is 0 Å². The first-order chi connectivity index (χ1) is 12.8. The zero-order valence-electron chi connectivity index (χ0n) is 14.7. The molecule has 0 aliphatic carbocycles. The molecule has 0 fully saturated rings. The molecule has 0 bridgehead atoms. The fourth-order valence-corrected chi connectivity index (χ4v) is 4.59. The molecule has 8 heteroatoms. The Hall–Kier alpha value is -2.84. The number of hydrogen-bond donors (Lipinski definition) is 3. The highest BCUT2D eigenvalue weighted by Crippen LogP contribution is 2.26. The number of carbonyl (C=O) groups is 1. The number of benzene rings is 2. The molecular weight excluding hydrogens is 384 g/mol. The molecule has 0 unspecified atom stereocenters. The van der Waals surface area contributed by atoms with Crippen molar-refractivity contribution < 1.29 is 18.3 Å². The molecule has 3 N–H and O–H groups in total. The SMILES string of the molecule is Cc1ccc(NC(=O)c2ccc(NS(=O)(=O)c3cccs3)cc2O)c(C)c1. The molecular formula is C19H18N2O4S2. The van der Waals surface area contributed by atoms with Crippen LogP contribution in [0, 0.1) is 13.8 Å². The van der Waals surface area contributed by atoms with Gasteiger partial charge in [0.25, 0.3) is 15.9 Å². The summed E-state index contributed by atoms with van der Waals surface area (Å²) in [5.74, 6) is -0.796. The normalized spacial score (nSPS) is 11.2. The molecule has 0 radical (unpaired) electrons. The van der Waals surface area contributed by atoms with Gasteiger partial charge < -0.3 is 10.4 Å². The molecule has 6 nitrogen and oxygen atoms in total. The number of phenolic OH excluding ortho intramolecular Hbond substituents is 1. The fraction of sp³-hybridized carbons (Fsp3) is 0.105. The van der Waals surface area contributed by atoms with Crippen molar-refractivity contribution in [1.29, 1.82) is 0 Å². The molecule has 2 aromatic carbocycles. The Kier molecular flexibility index (Phi) is 5.20. The summed E-state index contributed by atoms with van der Waals surface area (Å²) in [6, 6.07) is 12.8. The standard InChI is InChI=1S/C19H18N2O4S2/c1-12-5-8-16(13(2)10-12)20-19(23)15-7-6-14(11-17(15)22)21-27(24,25)18-4-3-9-26-18/h3-11,21-22H,1-2H3,(H,20,23). The van der Waals surface area contributed by atoms with E-state index < -0.39 is 15.9 Å². The van der Waals surface area contributed by atoms with Crippen molar-refractivity contribution in [2.75, 3.05) is 10.0 Å². The smallest absolute Gasteiger partial charge is 0.271 e. The summed E-state index contributed by atoms with van der Waals surface area (Å²) in [5.41, 5.74) is 2.85. The lowest BCUT2D eigenvalue weighted by Gasteiger charge is -2.12. The van der Waals surface area contributed by atoms with Gasteiger partial charge in [0, 0.05) is 11.8 Å². The number of anilines is 2. The number of carbonyl (C=O) groups excluding carboxylic acids is 1. The van der Waals surface area contributed by atoms with Gasteiger partial charge in [0.1, 0.15) is 9.96 Å². The topological polar surface area (TPSA) is 95.5 Å². The maximum atomic E-state index is 12.4. The van der Waals surface area contributed by atoms with E-state index in [1.165, 1.54) is 24.3 Å². The number of thiophene rings is 1. The Bertz CT molecular complexity index is 1090. The van der Waals surface area contributed by atoms with E-state index in [1.807, 2.05) is 26.0 Å². The summed E-state index contributed by atoms with van der Waals surface area (Å²) in [5, 5.41) is 14.6. The number of nitrogens with one attached hydrogen (secondary N) is 2. The lowest BCUT2D eigenvalue weighted by molar-refractivity contribution is 0.102. The molecule has 0 spiro atoms. The molecule has 0 saturated carbocycles. The van der Waals surface area contributed by atoms with E-state index in [-0.39, 0.29) is 21.2 Å². The van der Waals surface area contributed by atoms with Crippen LogP contribution in [0.3, 0.4) is 0 Å². The summed E-state index contributed by atoms with van der Waals surface area (Å²) in [6.45, 7) is 3.84. The van der Waals surface area contributed by atoms with E-state index in [0.717, 1.165) is 22.5 Å². The Morgan fingerprint density at radius 2 is 1.85 bits per heavy atom. The first-order valence-corrected chi connectivity index (χ1v) is 10.4. The number of amides is 1. The monoisotopic (exact) mass is 402 g/mol. The quantitative estimate of drug-likeness (QED) is 0.598. The van der Waals surface area contributed by atoms with Crippen LogP contribution >= 0.6 is 11.3 Å². The van der Waals surface area contributed by atoms with Gasteiger partial charge in [-0.2, -0.15) is 0 Å². The second kappa shape index (κ2) is 7.42. The minimum Gasteiger partial charge on any atom is -0.507 e.